The van der Waals surface area contributed by atoms with Gasteiger partial charge in [0.05, 0.1) is 12.6 Å². The third-order valence-corrected chi connectivity index (χ3v) is 3.30. The van der Waals surface area contributed by atoms with Crippen molar-refractivity contribution < 1.29 is 9.13 Å². The van der Waals surface area contributed by atoms with Gasteiger partial charge in [0.1, 0.15) is 11.6 Å². The molecule has 0 saturated heterocycles. The largest absolute Gasteiger partial charge is 0.494 e. The minimum Gasteiger partial charge on any atom is -0.494 e. The van der Waals surface area contributed by atoms with Crippen molar-refractivity contribution in [2.45, 2.75) is 26.3 Å². The van der Waals surface area contributed by atoms with E-state index >= 15 is 0 Å². The highest BCUT2D eigenvalue weighted by Gasteiger charge is 2.14. The van der Waals surface area contributed by atoms with E-state index in [1.54, 1.807) is 0 Å². The summed E-state index contributed by atoms with van der Waals surface area (Å²) in [5.74, 6) is 0.650. The molecule has 0 bridgehead atoms. The third kappa shape index (κ3) is 4.30. The lowest BCUT2D eigenvalue weighted by Crippen LogP contribution is -2.23. The van der Waals surface area contributed by atoms with Gasteiger partial charge in [-0.3, -0.25) is 0 Å². The van der Waals surface area contributed by atoms with Crippen LogP contribution in [0, 0.1) is 5.82 Å². The molecule has 2 rings (SSSR count). The van der Waals surface area contributed by atoms with Crippen molar-refractivity contribution in [2.24, 2.45) is 0 Å². The van der Waals surface area contributed by atoms with Gasteiger partial charge in [-0.2, -0.15) is 0 Å². The van der Waals surface area contributed by atoms with Gasteiger partial charge in [0.2, 0.25) is 0 Å². The average molecular weight is 287 g/mol. The van der Waals surface area contributed by atoms with Gasteiger partial charge < -0.3 is 10.1 Å². The van der Waals surface area contributed by atoms with Crippen LogP contribution in [-0.4, -0.2) is 13.2 Å². The Bertz CT molecular complexity index is 553. The van der Waals surface area contributed by atoms with Gasteiger partial charge in [-0.15, -0.1) is 0 Å². The molecule has 3 heteroatoms. The van der Waals surface area contributed by atoms with Gasteiger partial charge in [-0.1, -0.05) is 31.2 Å². The third-order valence-electron chi connectivity index (χ3n) is 3.30. The normalized spacial score (nSPS) is 12.1. The Morgan fingerprint density at radius 3 is 2.48 bits per heavy atom. The number of halogens is 1. The first-order valence-electron chi connectivity index (χ1n) is 7.46. The van der Waals surface area contributed by atoms with Crippen molar-refractivity contribution >= 4 is 0 Å². The first-order valence-corrected chi connectivity index (χ1v) is 7.46. The van der Waals surface area contributed by atoms with Crippen LogP contribution in [0.2, 0.25) is 0 Å². The Morgan fingerprint density at radius 2 is 1.81 bits per heavy atom. The molecule has 21 heavy (non-hydrogen) atoms. The molecular weight excluding hydrogens is 265 g/mol. The first-order chi connectivity index (χ1) is 10.2. The molecule has 1 atom stereocenters. The van der Waals surface area contributed by atoms with Crippen LogP contribution in [-0.2, 0) is 0 Å². The maximum atomic E-state index is 13.1. The van der Waals surface area contributed by atoms with Crippen molar-refractivity contribution in [2.75, 3.05) is 13.2 Å². The van der Waals surface area contributed by atoms with Crippen molar-refractivity contribution in [3.8, 4) is 5.75 Å². The molecule has 0 radical (unpaired) electrons. The summed E-state index contributed by atoms with van der Waals surface area (Å²) in [6.07, 6.45) is 1.04. The zero-order valence-corrected chi connectivity index (χ0v) is 12.6. The van der Waals surface area contributed by atoms with Crippen LogP contribution < -0.4 is 10.1 Å². The Labute approximate surface area is 126 Å². The molecule has 1 unspecified atom stereocenters. The highest BCUT2D eigenvalue weighted by molar-refractivity contribution is 5.36. The van der Waals surface area contributed by atoms with E-state index in [9.17, 15) is 4.39 Å². The van der Waals surface area contributed by atoms with E-state index in [0.29, 0.717) is 6.61 Å². The van der Waals surface area contributed by atoms with E-state index in [0.717, 1.165) is 29.8 Å². The summed E-state index contributed by atoms with van der Waals surface area (Å²) < 4.78 is 18.7. The topological polar surface area (TPSA) is 21.3 Å². The smallest absolute Gasteiger partial charge is 0.123 e. The molecule has 0 aliphatic heterocycles. The maximum Gasteiger partial charge on any atom is 0.123 e. The van der Waals surface area contributed by atoms with Crippen LogP contribution in [0.1, 0.15) is 37.4 Å². The monoisotopic (exact) mass is 287 g/mol. The predicted molar refractivity (Wildman–Crippen MR) is 84.1 cm³/mol. The molecule has 0 aliphatic rings. The number of nitrogens with one attached hydrogen (secondary N) is 1. The lowest BCUT2D eigenvalue weighted by molar-refractivity contribution is 0.339. The number of benzene rings is 2. The molecule has 1 N–H and O–H groups in total. The quantitative estimate of drug-likeness (QED) is 0.819. The van der Waals surface area contributed by atoms with Crippen molar-refractivity contribution in [1.29, 1.82) is 0 Å². The Balaban J connectivity index is 2.30. The zero-order chi connectivity index (χ0) is 15.1. The standard InChI is InChI=1S/C18H22FNO/c1-3-12-20-18(14-8-10-16(19)11-9-14)15-6-5-7-17(13-15)21-4-2/h5-11,13,18,20H,3-4,12H2,1-2H3. The van der Waals surface area contributed by atoms with Crippen molar-refractivity contribution in [1.82, 2.24) is 5.32 Å². The van der Waals surface area contributed by atoms with Crippen LogP contribution >= 0.6 is 0 Å². The Hall–Kier alpha value is -1.87. The maximum absolute atomic E-state index is 13.1. The van der Waals surface area contributed by atoms with Crippen molar-refractivity contribution in [3.63, 3.8) is 0 Å². The highest BCUT2D eigenvalue weighted by Crippen LogP contribution is 2.25. The first kappa shape index (κ1) is 15.5. The molecule has 0 amide bonds. The molecule has 0 fully saturated rings. The average Bonchev–Trinajstić information content (AvgIpc) is 2.50. The van der Waals surface area contributed by atoms with E-state index in [2.05, 4.69) is 18.3 Å². The lowest BCUT2D eigenvalue weighted by atomic mass is 9.98. The Kier molecular flexibility index (Phi) is 5.76. The number of rotatable bonds is 7. The van der Waals surface area contributed by atoms with E-state index < -0.39 is 0 Å². The van der Waals surface area contributed by atoms with Crippen LogP contribution in [0.3, 0.4) is 0 Å². The molecule has 0 spiro atoms. The summed E-state index contributed by atoms with van der Waals surface area (Å²) in [7, 11) is 0. The second-order valence-corrected chi connectivity index (χ2v) is 4.94. The molecule has 2 aromatic carbocycles. The Morgan fingerprint density at radius 1 is 1.05 bits per heavy atom. The van der Waals surface area contributed by atoms with Crippen LogP contribution in [0.4, 0.5) is 4.39 Å². The summed E-state index contributed by atoms with van der Waals surface area (Å²) in [5, 5.41) is 3.51. The van der Waals surface area contributed by atoms with E-state index in [-0.39, 0.29) is 11.9 Å². The second-order valence-electron chi connectivity index (χ2n) is 4.94. The minimum absolute atomic E-state index is 0.0472. The fourth-order valence-electron chi connectivity index (χ4n) is 2.32. The highest BCUT2D eigenvalue weighted by atomic mass is 19.1. The second kappa shape index (κ2) is 7.79. The van der Waals surface area contributed by atoms with E-state index in [4.69, 9.17) is 4.74 Å². The van der Waals surface area contributed by atoms with Crippen LogP contribution in [0.15, 0.2) is 48.5 Å². The summed E-state index contributed by atoms with van der Waals surface area (Å²) >= 11 is 0. The minimum atomic E-state index is -0.212. The molecule has 0 aliphatic carbocycles. The number of hydrogen-bond acceptors (Lipinski definition) is 2. The number of hydrogen-bond donors (Lipinski definition) is 1. The number of ether oxygens (including phenoxy) is 1. The summed E-state index contributed by atoms with van der Waals surface area (Å²) in [5.41, 5.74) is 2.18. The molecule has 0 heterocycles. The zero-order valence-electron chi connectivity index (χ0n) is 12.6. The lowest BCUT2D eigenvalue weighted by Gasteiger charge is -2.20. The van der Waals surface area contributed by atoms with Gasteiger partial charge in [0.25, 0.3) is 0 Å². The molecule has 2 aromatic rings. The molecule has 0 saturated carbocycles. The molecule has 2 nitrogen and oxygen atoms in total. The van der Waals surface area contributed by atoms with Gasteiger partial charge >= 0.3 is 0 Å². The summed E-state index contributed by atoms with van der Waals surface area (Å²) in [6.45, 7) is 5.65. The fraction of sp³-hybridized carbons (Fsp3) is 0.333. The van der Waals surface area contributed by atoms with Crippen LogP contribution in [0.5, 0.6) is 5.75 Å². The SMILES string of the molecule is CCCNC(c1ccc(F)cc1)c1cccc(OCC)c1. The van der Waals surface area contributed by atoms with Gasteiger partial charge in [-0.25, -0.2) is 4.39 Å². The molecular formula is C18H22FNO. The van der Waals surface area contributed by atoms with E-state index in [1.165, 1.54) is 12.1 Å². The van der Waals surface area contributed by atoms with Gasteiger partial charge in [0, 0.05) is 0 Å². The van der Waals surface area contributed by atoms with E-state index in [1.807, 2.05) is 37.3 Å². The van der Waals surface area contributed by atoms with Crippen LogP contribution in [0.25, 0.3) is 0 Å². The predicted octanol–water partition coefficient (Wildman–Crippen LogP) is 4.31. The van der Waals surface area contributed by atoms with Crippen molar-refractivity contribution in [3.05, 3.63) is 65.5 Å². The fourth-order valence-corrected chi connectivity index (χ4v) is 2.32. The molecule has 112 valence electrons. The summed E-state index contributed by atoms with van der Waals surface area (Å²) in [6, 6.07) is 14.8. The molecule has 0 aromatic heterocycles. The summed E-state index contributed by atoms with van der Waals surface area (Å²) in [4.78, 5) is 0. The van der Waals surface area contributed by atoms with Gasteiger partial charge in [-0.05, 0) is 55.3 Å². The van der Waals surface area contributed by atoms with Gasteiger partial charge in [0.15, 0.2) is 0 Å².